The molecule has 0 radical (unpaired) electrons. The summed E-state index contributed by atoms with van der Waals surface area (Å²) in [6.45, 7) is 3.69. The van der Waals surface area contributed by atoms with E-state index in [1.54, 1.807) is 7.11 Å². The second-order valence-corrected chi connectivity index (χ2v) is 6.75. The molecule has 2 bridgehead atoms. The van der Waals surface area contributed by atoms with Gasteiger partial charge in [0.05, 0.1) is 6.10 Å². The number of aryl methyl sites for hydroxylation is 2. The van der Waals surface area contributed by atoms with Crippen molar-refractivity contribution in [1.29, 1.82) is 0 Å². The lowest BCUT2D eigenvalue weighted by Crippen LogP contribution is -2.48. The monoisotopic (exact) mass is 319 g/mol. The lowest BCUT2D eigenvalue weighted by Gasteiger charge is -2.38. The zero-order chi connectivity index (χ0) is 16.6. The molecule has 1 aromatic heterocycles. The average molecular weight is 319 g/mol. The Bertz CT molecular complexity index is 615. The minimum atomic E-state index is -0.324. The molecular weight excluding hydrogens is 294 g/mol. The Hall–Kier alpha value is -1.69. The van der Waals surface area contributed by atoms with Crippen LogP contribution >= 0.6 is 0 Å². The normalized spacial score (nSPS) is 26.6. The molecule has 0 spiro atoms. The van der Waals surface area contributed by atoms with Crippen molar-refractivity contribution >= 4 is 5.91 Å². The molecule has 0 aromatic carbocycles. The summed E-state index contributed by atoms with van der Waals surface area (Å²) in [6, 6.07) is 0.671. The zero-order valence-electron chi connectivity index (χ0n) is 14.1. The molecule has 23 heavy (non-hydrogen) atoms. The first kappa shape index (κ1) is 16.2. The molecule has 2 aliphatic rings. The largest absolute Gasteiger partial charge is 0.381 e. The number of aromatic nitrogens is 2. The van der Waals surface area contributed by atoms with E-state index in [0.29, 0.717) is 31.0 Å². The van der Waals surface area contributed by atoms with Crippen LogP contribution in [0.25, 0.3) is 0 Å². The molecule has 6 heteroatoms. The molecular formula is C17H25N3O3. The summed E-state index contributed by atoms with van der Waals surface area (Å²) in [6.07, 6.45) is 5.49. The van der Waals surface area contributed by atoms with E-state index in [2.05, 4.69) is 14.9 Å². The molecule has 2 fully saturated rings. The first-order chi connectivity index (χ1) is 11.0. The maximum absolute atomic E-state index is 12.7. The molecule has 3 rings (SSSR count). The number of aromatic amines is 1. The van der Waals surface area contributed by atoms with Crippen LogP contribution in [0.3, 0.4) is 0 Å². The highest BCUT2D eigenvalue weighted by atomic mass is 16.5. The van der Waals surface area contributed by atoms with Crippen LogP contribution in [0.1, 0.15) is 49.1 Å². The fraction of sp³-hybridized carbons (Fsp3) is 0.706. The third kappa shape index (κ3) is 3.17. The molecule has 1 aromatic rings. The SMILES string of the molecule is COC1C[C@H]2CC[C@@H](C1)N2C(=O)CCc1c(C)nc(=O)[nH]c1C. The number of nitrogens with one attached hydrogen (secondary N) is 1. The fourth-order valence-electron chi connectivity index (χ4n) is 4.21. The van der Waals surface area contributed by atoms with Gasteiger partial charge in [0.15, 0.2) is 0 Å². The van der Waals surface area contributed by atoms with E-state index in [0.717, 1.165) is 42.6 Å². The van der Waals surface area contributed by atoms with E-state index in [1.165, 1.54) is 0 Å². The minimum absolute atomic E-state index is 0.219. The summed E-state index contributed by atoms with van der Waals surface area (Å²) < 4.78 is 5.49. The highest BCUT2D eigenvalue weighted by Crippen LogP contribution is 2.37. The molecule has 1 N–H and O–H groups in total. The van der Waals surface area contributed by atoms with Crippen molar-refractivity contribution in [2.24, 2.45) is 0 Å². The maximum atomic E-state index is 12.7. The predicted molar refractivity (Wildman–Crippen MR) is 86.3 cm³/mol. The standard InChI is InChI=1S/C17H25N3O3/c1-10-15(11(2)19-17(22)18-10)6-7-16(21)20-12-4-5-13(20)9-14(8-12)23-3/h12-14H,4-9H2,1-3H3,(H,18,19,22)/t12-,13+,14?. The summed E-state index contributed by atoms with van der Waals surface area (Å²) in [4.78, 5) is 32.8. The van der Waals surface area contributed by atoms with E-state index in [4.69, 9.17) is 4.74 Å². The second-order valence-electron chi connectivity index (χ2n) is 6.75. The van der Waals surface area contributed by atoms with Gasteiger partial charge in [-0.15, -0.1) is 0 Å². The number of amides is 1. The van der Waals surface area contributed by atoms with Crippen LogP contribution in [0.2, 0.25) is 0 Å². The lowest BCUT2D eigenvalue weighted by molar-refractivity contribution is -0.137. The fourth-order valence-corrected chi connectivity index (χ4v) is 4.21. The molecule has 0 saturated carbocycles. The number of rotatable bonds is 4. The van der Waals surface area contributed by atoms with Gasteiger partial charge in [0.1, 0.15) is 0 Å². The molecule has 126 valence electrons. The smallest absolute Gasteiger partial charge is 0.345 e. The van der Waals surface area contributed by atoms with Gasteiger partial charge >= 0.3 is 5.69 Å². The molecule has 0 aliphatic carbocycles. The Labute approximate surface area is 136 Å². The van der Waals surface area contributed by atoms with Gasteiger partial charge in [0.25, 0.3) is 0 Å². The van der Waals surface area contributed by atoms with Crippen molar-refractivity contribution in [3.05, 3.63) is 27.4 Å². The van der Waals surface area contributed by atoms with Gasteiger partial charge in [-0.2, -0.15) is 4.98 Å². The molecule has 1 amide bonds. The van der Waals surface area contributed by atoms with Gasteiger partial charge < -0.3 is 14.6 Å². The Kier molecular flexibility index (Phi) is 4.53. The van der Waals surface area contributed by atoms with Gasteiger partial charge in [-0.25, -0.2) is 4.79 Å². The highest BCUT2D eigenvalue weighted by molar-refractivity contribution is 5.77. The first-order valence-electron chi connectivity index (χ1n) is 8.40. The van der Waals surface area contributed by atoms with Crippen molar-refractivity contribution in [3.63, 3.8) is 0 Å². The Morgan fingerprint density at radius 2 is 1.96 bits per heavy atom. The third-order valence-electron chi connectivity index (χ3n) is 5.35. The number of hydrogen-bond acceptors (Lipinski definition) is 4. The topological polar surface area (TPSA) is 75.3 Å². The van der Waals surface area contributed by atoms with Crippen LogP contribution in [0.5, 0.6) is 0 Å². The number of nitrogens with zero attached hydrogens (tertiary/aromatic N) is 2. The van der Waals surface area contributed by atoms with E-state index in [-0.39, 0.29) is 11.6 Å². The van der Waals surface area contributed by atoms with E-state index in [9.17, 15) is 9.59 Å². The molecule has 2 saturated heterocycles. The van der Waals surface area contributed by atoms with E-state index < -0.39 is 0 Å². The number of piperidine rings is 1. The summed E-state index contributed by atoms with van der Waals surface area (Å²) in [5.41, 5.74) is 2.20. The maximum Gasteiger partial charge on any atom is 0.345 e. The molecule has 2 aliphatic heterocycles. The van der Waals surface area contributed by atoms with Crippen LogP contribution in [-0.4, -0.2) is 46.1 Å². The van der Waals surface area contributed by atoms with Gasteiger partial charge in [0.2, 0.25) is 5.91 Å². The van der Waals surface area contributed by atoms with Crippen molar-refractivity contribution in [2.45, 2.75) is 70.6 Å². The van der Waals surface area contributed by atoms with Crippen LogP contribution in [0.4, 0.5) is 0 Å². The number of ether oxygens (including phenoxy) is 1. The molecule has 3 atom stereocenters. The minimum Gasteiger partial charge on any atom is -0.381 e. The van der Waals surface area contributed by atoms with Crippen LogP contribution < -0.4 is 5.69 Å². The van der Waals surface area contributed by atoms with Crippen LogP contribution in [0.15, 0.2) is 4.79 Å². The number of hydrogen-bond donors (Lipinski definition) is 1. The van der Waals surface area contributed by atoms with Crippen LogP contribution in [-0.2, 0) is 16.0 Å². The van der Waals surface area contributed by atoms with Gasteiger partial charge in [-0.05, 0) is 51.5 Å². The van der Waals surface area contributed by atoms with Gasteiger partial charge in [0, 0.05) is 37.0 Å². The van der Waals surface area contributed by atoms with Crippen LogP contribution in [0, 0.1) is 13.8 Å². The van der Waals surface area contributed by atoms with E-state index >= 15 is 0 Å². The quantitative estimate of drug-likeness (QED) is 0.912. The number of H-pyrrole nitrogens is 1. The Morgan fingerprint density at radius 3 is 2.52 bits per heavy atom. The Balaban J connectivity index is 1.66. The second kappa shape index (κ2) is 6.43. The first-order valence-corrected chi connectivity index (χ1v) is 8.40. The molecule has 1 unspecified atom stereocenters. The van der Waals surface area contributed by atoms with Crippen molar-refractivity contribution in [2.75, 3.05) is 7.11 Å². The highest BCUT2D eigenvalue weighted by Gasteiger charge is 2.42. The lowest BCUT2D eigenvalue weighted by atomic mass is 9.98. The molecule has 3 heterocycles. The molecule has 6 nitrogen and oxygen atoms in total. The summed E-state index contributed by atoms with van der Waals surface area (Å²) in [5.74, 6) is 0.219. The van der Waals surface area contributed by atoms with Gasteiger partial charge in [-0.3, -0.25) is 4.79 Å². The van der Waals surface area contributed by atoms with Crippen molar-refractivity contribution in [1.82, 2.24) is 14.9 Å². The summed E-state index contributed by atoms with van der Waals surface area (Å²) in [5, 5.41) is 0. The van der Waals surface area contributed by atoms with E-state index in [1.807, 2.05) is 13.8 Å². The zero-order valence-corrected chi connectivity index (χ0v) is 14.1. The summed E-state index contributed by atoms with van der Waals surface area (Å²) >= 11 is 0. The predicted octanol–water partition coefficient (Wildman–Crippen LogP) is 1.49. The van der Waals surface area contributed by atoms with Crippen molar-refractivity contribution in [3.8, 4) is 0 Å². The van der Waals surface area contributed by atoms with Gasteiger partial charge in [-0.1, -0.05) is 0 Å². The average Bonchev–Trinajstić information content (AvgIpc) is 2.76. The third-order valence-corrected chi connectivity index (χ3v) is 5.35. The number of carbonyl (C=O) groups is 1. The number of methoxy groups -OCH3 is 1. The Morgan fingerprint density at radius 1 is 1.30 bits per heavy atom. The number of carbonyl (C=O) groups excluding carboxylic acids is 1. The summed E-state index contributed by atoms with van der Waals surface area (Å²) in [7, 11) is 1.76. The number of fused-ring (bicyclic) bond motifs is 2. The van der Waals surface area contributed by atoms with Crippen molar-refractivity contribution < 1.29 is 9.53 Å².